The molecule has 1 aromatic heterocycles. The Morgan fingerprint density at radius 3 is 2.86 bits per heavy atom. The number of hydrogen-bond donors (Lipinski definition) is 1. The normalized spacial score (nSPS) is 10.5. The van der Waals surface area contributed by atoms with Crippen LogP contribution in [0.4, 0.5) is 5.13 Å². The van der Waals surface area contributed by atoms with Gasteiger partial charge in [0.2, 0.25) is 11.0 Å². The average molecular weight is 402 g/mol. The molecule has 1 N–H and O–H groups in total. The van der Waals surface area contributed by atoms with Gasteiger partial charge in [0.05, 0.1) is 6.61 Å². The van der Waals surface area contributed by atoms with E-state index in [1.54, 1.807) is 11.8 Å². The SMILES string of the molecule is CCSc1nnc(NC(=O)CCCOc2ccc(Br)cc2)s1. The highest BCUT2D eigenvalue weighted by atomic mass is 79.9. The van der Waals surface area contributed by atoms with Crippen LogP contribution in [-0.2, 0) is 4.79 Å². The number of anilines is 1. The summed E-state index contributed by atoms with van der Waals surface area (Å²) in [7, 11) is 0. The fourth-order valence-electron chi connectivity index (χ4n) is 1.58. The van der Waals surface area contributed by atoms with Crippen molar-refractivity contribution < 1.29 is 9.53 Å². The van der Waals surface area contributed by atoms with Crippen LogP contribution >= 0.6 is 39.0 Å². The highest BCUT2D eigenvalue weighted by Crippen LogP contribution is 2.25. The second kappa shape index (κ2) is 9.12. The van der Waals surface area contributed by atoms with Crippen LogP contribution in [0.15, 0.2) is 33.1 Å². The topological polar surface area (TPSA) is 64.1 Å². The molecule has 0 aliphatic carbocycles. The maximum absolute atomic E-state index is 11.8. The Labute approximate surface area is 146 Å². The summed E-state index contributed by atoms with van der Waals surface area (Å²) < 4.78 is 7.45. The first-order chi connectivity index (χ1) is 10.7. The summed E-state index contributed by atoms with van der Waals surface area (Å²) in [5.74, 6) is 1.67. The van der Waals surface area contributed by atoms with Gasteiger partial charge < -0.3 is 10.1 Å². The van der Waals surface area contributed by atoms with Crippen molar-refractivity contribution in [3.63, 3.8) is 0 Å². The van der Waals surface area contributed by atoms with E-state index >= 15 is 0 Å². The predicted octanol–water partition coefficient (Wildman–Crippen LogP) is 4.21. The van der Waals surface area contributed by atoms with Crippen molar-refractivity contribution in [1.82, 2.24) is 10.2 Å². The molecule has 22 heavy (non-hydrogen) atoms. The van der Waals surface area contributed by atoms with E-state index in [4.69, 9.17) is 4.74 Å². The molecule has 8 heteroatoms. The Morgan fingerprint density at radius 2 is 2.14 bits per heavy atom. The fourth-order valence-corrected chi connectivity index (χ4v) is 3.51. The molecule has 118 valence electrons. The summed E-state index contributed by atoms with van der Waals surface area (Å²) in [5.41, 5.74) is 0. The van der Waals surface area contributed by atoms with Crippen LogP contribution in [0.5, 0.6) is 5.75 Å². The van der Waals surface area contributed by atoms with E-state index in [0.29, 0.717) is 24.6 Å². The third kappa shape index (κ3) is 5.94. The molecule has 1 amide bonds. The average Bonchev–Trinajstić information content (AvgIpc) is 2.93. The number of ether oxygens (including phenoxy) is 1. The standard InChI is InChI=1S/C14H16BrN3O2S2/c1-2-21-14-18-17-13(22-14)16-12(19)4-3-9-20-11-7-5-10(15)6-8-11/h5-8H,2-4,9H2,1H3,(H,16,17,19). The summed E-state index contributed by atoms with van der Waals surface area (Å²) >= 11 is 6.38. The number of nitrogens with zero attached hydrogens (tertiary/aromatic N) is 2. The Kier molecular flexibility index (Phi) is 7.14. The van der Waals surface area contributed by atoms with Gasteiger partial charge in [-0.1, -0.05) is 46.0 Å². The monoisotopic (exact) mass is 401 g/mol. The van der Waals surface area contributed by atoms with Crippen molar-refractivity contribution in [2.24, 2.45) is 0 Å². The Hall–Kier alpha value is -1.12. The van der Waals surface area contributed by atoms with Crippen LogP contribution < -0.4 is 10.1 Å². The van der Waals surface area contributed by atoms with Gasteiger partial charge in [-0.2, -0.15) is 0 Å². The van der Waals surface area contributed by atoms with Crippen LogP contribution in [0, 0.1) is 0 Å². The summed E-state index contributed by atoms with van der Waals surface area (Å²) in [6.45, 7) is 2.55. The number of rotatable bonds is 8. The maximum Gasteiger partial charge on any atom is 0.226 e. The molecule has 0 aliphatic rings. The summed E-state index contributed by atoms with van der Waals surface area (Å²) in [6.07, 6.45) is 1.05. The lowest BCUT2D eigenvalue weighted by Gasteiger charge is -2.05. The van der Waals surface area contributed by atoms with E-state index in [9.17, 15) is 4.79 Å². The van der Waals surface area contributed by atoms with Crippen molar-refractivity contribution in [2.45, 2.75) is 24.1 Å². The maximum atomic E-state index is 11.8. The highest BCUT2D eigenvalue weighted by molar-refractivity contribution is 9.10. The highest BCUT2D eigenvalue weighted by Gasteiger charge is 2.08. The molecular formula is C14H16BrN3O2S2. The quantitative estimate of drug-likeness (QED) is 0.407. The van der Waals surface area contributed by atoms with Crippen molar-refractivity contribution in [2.75, 3.05) is 17.7 Å². The van der Waals surface area contributed by atoms with Gasteiger partial charge in [-0.25, -0.2) is 0 Å². The molecule has 1 heterocycles. The van der Waals surface area contributed by atoms with E-state index < -0.39 is 0 Å². The first-order valence-corrected chi connectivity index (χ1v) is 9.41. The van der Waals surface area contributed by atoms with E-state index in [1.165, 1.54) is 11.3 Å². The molecule has 2 aromatic rings. The number of benzene rings is 1. The second-order valence-corrected chi connectivity index (χ2v) is 7.66. The van der Waals surface area contributed by atoms with Gasteiger partial charge >= 0.3 is 0 Å². The minimum absolute atomic E-state index is 0.0661. The molecule has 0 saturated carbocycles. The van der Waals surface area contributed by atoms with Gasteiger partial charge in [0.25, 0.3) is 0 Å². The van der Waals surface area contributed by atoms with Gasteiger partial charge in [-0.3, -0.25) is 4.79 Å². The van der Waals surface area contributed by atoms with E-state index in [2.05, 4.69) is 38.4 Å². The van der Waals surface area contributed by atoms with Gasteiger partial charge in [0.1, 0.15) is 5.75 Å². The number of carbonyl (C=O) groups is 1. The predicted molar refractivity (Wildman–Crippen MR) is 93.8 cm³/mol. The number of carbonyl (C=O) groups excluding carboxylic acids is 1. The smallest absolute Gasteiger partial charge is 0.226 e. The Bertz CT molecular complexity index is 604. The third-order valence-electron chi connectivity index (χ3n) is 2.55. The molecule has 0 unspecified atom stereocenters. The van der Waals surface area contributed by atoms with Gasteiger partial charge in [0, 0.05) is 10.9 Å². The summed E-state index contributed by atoms with van der Waals surface area (Å²) in [5, 5.41) is 11.2. The largest absolute Gasteiger partial charge is 0.494 e. The zero-order valence-electron chi connectivity index (χ0n) is 12.0. The first kappa shape index (κ1) is 17.2. The van der Waals surface area contributed by atoms with Gasteiger partial charge in [0.15, 0.2) is 4.34 Å². The molecule has 0 fully saturated rings. The number of thioether (sulfide) groups is 1. The molecule has 2 rings (SSSR count). The Balaban J connectivity index is 1.65. The fraction of sp³-hybridized carbons (Fsp3) is 0.357. The zero-order valence-corrected chi connectivity index (χ0v) is 15.3. The molecule has 0 bridgehead atoms. The van der Waals surface area contributed by atoms with Crippen molar-refractivity contribution in [3.8, 4) is 5.75 Å². The number of halogens is 1. The number of nitrogens with one attached hydrogen (secondary N) is 1. The number of amides is 1. The molecule has 5 nitrogen and oxygen atoms in total. The third-order valence-corrected chi connectivity index (χ3v) is 4.93. The van der Waals surface area contributed by atoms with Crippen molar-refractivity contribution in [3.05, 3.63) is 28.7 Å². The lowest BCUT2D eigenvalue weighted by atomic mass is 10.3. The molecule has 1 aromatic carbocycles. The Morgan fingerprint density at radius 1 is 1.36 bits per heavy atom. The molecule has 0 aliphatic heterocycles. The first-order valence-electron chi connectivity index (χ1n) is 6.82. The van der Waals surface area contributed by atoms with E-state index in [1.807, 2.05) is 24.3 Å². The second-order valence-electron chi connectivity index (χ2n) is 4.26. The summed E-state index contributed by atoms with van der Waals surface area (Å²) in [6, 6.07) is 7.61. The molecule has 0 saturated heterocycles. The van der Waals surface area contributed by atoms with Crippen LogP contribution in [0.1, 0.15) is 19.8 Å². The zero-order chi connectivity index (χ0) is 15.8. The van der Waals surface area contributed by atoms with Crippen LogP contribution in [-0.4, -0.2) is 28.5 Å². The molecular weight excluding hydrogens is 386 g/mol. The minimum atomic E-state index is -0.0661. The van der Waals surface area contributed by atoms with E-state index in [-0.39, 0.29) is 5.91 Å². The lowest BCUT2D eigenvalue weighted by Crippen LogP contribution is -2.12. The van der Waals surface area contributed by atoms with Crippen LogP contribution in [0.25, 0.3) is 0 Å². The molecule has 0 spiro atoms. The summed E-state index contributed by atoms with van der Waals surface area (Å²) in [4.78, 5) is 11.8. The lowest BCUT2D eigenvalue weighted by molar-refractivity contribution is -0.116. The molecule has 0 atom stereocenters. The van der Waals surface area contributed by atoms with Gasteiger partial charge in [-0.05, 0) is 36.4 Å². The van der Waals surface area contributed by atoms with Crippen molar-refractivity contribution >= 4 is 50.1 Å². The van der Waals surface area contributed by atoms with Crippen molar-refractivity contribution in [1.29, 1.82) is 0 Å². The minimum Gasteiger partial charge on any atom is -0.494 e. The number of hydrogen-bond acceptors (Lipinski definition) is 6. The van der Waals surface area contributed by atoms with E-state index in [0.717, 1.165) is 20.3 Å². The van der Waals surface area contributed by atoms with Crippen LogP contribution in [0.3, 0.4) is 0 Å². The van der Waals surface area contributed by atoms with Crippen LogP contribution in [0.2, 0.25) is 0 Å². The number of aromatic nitrogens is 2. The molecule has 0 radical (unpaired) electrons. The van der Waals surface area contributed by atoms with Gasteiger partial charge in [-0.15, -0.1) is 10.2 Å².